The van der Waals surface area contributed by atoms with E-state index in [1.807, 2.05) is 34.6 Å². The number of halogens is 4. The molecule has 0 saturated heterocycles. The van der Waals surface area contributed by atoms with Gasteiger partial charge in [0.25, 0.3) is 5.78 Å². The van der Waals surface area contributed by atoms with Crippen LogP contribution in [0.1, 0.15) is 34.7 Å². The van der Waals surface area contributed by atoms with E-state index in [4.69, 9.17) is 11.6 Å². The number of anilines is 1. The minimum atomic E-state index is -4.44. The van der Waals surface area contributed by atoms with Crippen LogP contribution in [-0.4, -0.2) is 31.8 Å². The van der Waals surface area contributed by atoms with Crippen LogP contribution >= 0.6 is 11.6 Å². The van der Waals surface area contributed by atoms with Gasteiger partial charge in [-0.15, -0.1) is 0 Å². The normalized spacial score (nSPS) is 13.2. The van der Waals surface area contributed by atoms with Crippen molar-refractivity contribution >= 4 is 23.2 Å². The molecule has 9 heteroatoms. The van der Waals surface area contributed by atoms with Crippen molar-refractivity contribution in [3.8, 4) is 11.1 Å². The maximum atomic E-state index is 13.3. The lowest BCUT2D eigenvalue weighted by molar-refractivity contribution is -0.138. The standard InChI is InChI=1S/C19H21ClF3N5/c1-8-9(2)11(4)14(12(5)10(8)3)15-16(20)27-18-24-7-25-28(18)17(15)26-13(6)19(21,22)23/h7,13,26H,1-6H3. The van der Waals surface area contributed by atoms with Crippen LogP contribution in [0.5, 0.6) is 0 Å². The summed E-state index contributed by atoms with van der Waals surface area (Å²) in [4.78, 5) is 8.21. The van der Waals surface area contributed by atoms with Gasteiger partial charge in [-0.2, -0.15) is 32.8 Å². The molecule has 1 unspecified atom stereocenters. The summed E-state index contributed by atoms with van der Waals surface area (Å²) >= 11 is 6.47. The van der Waals surface area contributed by atoms with Gasteiger partial charge in [0, 0.05) is 0 Å². The van der Waals surface area contributed by atoms with Crippen LogP contribution in [0.25, 0.3) is 16.9 Å². The molecule has 3 aromatic rings. The van der Waals surface area contributed by atoms with Gasteiger partial charge in [-0.25, -0.2) is 0 Å². The number of benzene rings is 1. The Morgan fingerprint density at radius 1 is 0.964 bits per heavy atom. The summed E-state index contributed by atoms with van der Waals surface area (Å²) in [5.41, 5.74) is 6.27. The van der Waals surface area contributed by atoms with Crippen LogP contribution in [0.4, 0.5) is 19.0 Å². The second-order valence-electron chi connectivity index (χ2n) is 7.01. The highest BCUT2D eigenvalue weighted by atomic mass is 35.5. The third-order valence-corrected chi connectivity index (χ3v) is 5.75. The second kappa shape index (κ2) is 6.92. The van der Waals surface area contributed by atoms with Crippen LogP contribution in [0.2, 0.25) is 5.15 Å². The van der Waals surface area contributed by atoms with Crippen molar-refractivity contribution in [3.63, 3.8) is 0 Å². The molecule has 28 heavy (non-hydrogen) atoms. The van der Waals surface area contributed by atoms with Crippen molar-refractivity contribution in [2.75, 3.05) is 5.32 Å². The lowest BCUT2D eigenvalue weighted by Crippen LogP contribution is -2.34. The number of alkyl halides is 3. The summed E-state index contributed by atoms with van der Waals surface area (Å²) in [5, 5.41) is 6.67. The molecule has 0 fully saturated rings. The van der Waals surface area contributed by atoms with Gasteiger partial charge in [-0.1, -0.05) is 11.6 Å². The third-order valence-electron chi connectivity index (χ3n) is 5.48. The Balaban J connectivity index is 2.40. The zero-order chi connectivity index (χ0) is 21.0. The van der Waals surface area contributed by atoms with E-state index in [1.54, 1.807) is 0 Å². The molecule has 2 aromatic heterocycles. The smallest absolute Gasteiger partial charge is 0.358 e. The highest BCUT2D eigenvalue weighted by Crippen LogP contribution is 2.41. The number of nitrogens with zero attached hydrogens (tertiary/aromatic N) is 4. The largest absolute Gasteiger partial charge is 0.408 e. The van der Waals surface area contributed by atoms with E-state index in [1.165, 1.54) is 10.8 Å². The minimum absolute atomic E-state index is 0.0752. The molecule has 1 N–H and O–H groups in total. The van der Waals surface area contributed by atoms with Crippen LogP contribution in [0.3, 0.4) is 0 Å². The highest BCUT2D eigenvalue weighted by Gasteiger charge is 2.37. The molecule has 0 aliphatic rings. The van der Waals surface area contributed by atoms with E-state index < -0.39 is 12.2 Å². The Bertz CT molecular complexity index is 1040. The van der Waals surface area contributed by atoms with Crippen molar-refractivity contribution in [3.05, 3.63) is 39.3 Å². The molecule has 0 saturated carbocycles. The Hall–Kier alpha value is -2.35. The average molecular weight is 412 g/mol. The summed E-state index contributed by atoms with van der Waals surface area (Å²) in [6, 6.07) is -1.81. The lowest BCUT2D eigenvalue weighted by atomic mass is 9.86. The van der Waals surface area contributed by atoms with Crippen molar-refractivity contribution in [1.29, 1.82) is 0 Å². The first-order chi connectivity index (χ1) is 12.9. The van der Waals surface area contributed by atoms with Crippen LogP contribution in [0.15, 0.2) is 6.33 Å². The number of nitrogens with one attached hydrogen (secondary N) is 1. The molecule has 2 heterocycles. The van der Waals surface area contributed by atoms with E-state index in [9.17, 15) is 13.2 Å². The Labute approximate surface area is 166 Å². The fraction of sp³-hybridized carbons (Fsp3) is 0.421. The van der Waals surface area contributed by atoms with Gasteiger partial charge < -0.3 is 5.32 Å². The van der Waals surface area contributed by atoms with Gasteiger partial charge in [0.05, 0.1) is 5.56 Å². The molecule has 0 aliphatic heterocycles. The Morgan fingerprint density at radius 3 is 2.04 bits per heavy atom. The second-order valence-corrected chi connectivity index (χ2v) is 7.36. The number of rotatable bonds is 3. The van der Waals surface area contributed by atoms with Crippen molar-refractivity contribution < 1.29 is 13.2 Å². The highest BCUT2D eigenvalue weighted by molar-refractivity contribution is 6.33. The molecule has 0 amide bonds. The monoisotopic (exact) mass is 411 g/mol. The Kier molecular flexibility index (Phi) is 5.04. The molecule has 1 aromatic carbocycles. The molecule has 1 atom stereocenters. The maximum Gasteiger partial charge on any atom is 0.408 e. The van der Waals surface area contributed by atoms with Gasteiger partial charge in [0.2, 0.25) is 0 Å². The fourth-order valence-electron chi connectivity index (χ4n) is 3.33. The van der Waals surface area contributed by atoms with Crippen molar-refractivity contribution in [1.82, 2.24) is 19.6 Å². The van der Waals surface area contributed by atoms with E-state index in [-0.39, 0.29) is 16.7 Å². The Morgan fingerprint density at radius 2 is 1.50 bits per heavy atom. The average Bonchev–Trinajstić information content (AvgIpc) is 3.07. The van der Waals surface area contributed by atoms with E-state index in [0.29, 0.717) is 5.56 Å². The summed E-state index contributed by atoms with van der Waals surface area (Å²) in [5.74, 6) is 0.243. The molecule has 150 valence electrons. The molecule has 0 radical (unpaired) electrons. The number of fused-ring (bicyclic) bond motifs is 1. The first-order valence-corrected chi connectivity index (χ1v) is 9.12. The van der Waals surface area contributed by atoms with Crippen molar-refractivity contribution in [2.24, 2.45) is 0 Å². The van der Waals surface area contributed by atoms with Crippen LogP contribution < -0.4 is 5.32 Å². The zero-order valence-corrected chi connectivity index (χ0v) is 17.2. The molecular formula is C19H21ClF3N5. The predicted octanol–water partition coefficient (Wildman–Crippen LogP) is 5.35. The van der Waals surface area contributed by atoms with Crippen LogP contribution in [0, 0.1) is 34.6 Å². The quantitative estimate of drug-likeness (QED) is 0.590. The van der Waals surface area contributed by atoms with Gasteiger partial charge in [-0.05, 0) is 74.9 Å². The fourth-order valence-corrected chi connectivity index (χ4v) is 3.59. The van der Waals surface area contributed by atoms with Gasteiger partial charge in [-0.3, -0.25) is 0 Å². The topological polar surface area (TPSA) is 55.1 Å². The molecule has 0 aliphatic carbocycles. The first-order valence-electron chi connectivity index (χ1n) is 8.75. The number of hydrogen-bond acceptors (Lipinski definition) is 4. The van der Waals surface area contributed by atoms with E-state index in [0.717, 1.165) is 40.3 Å². The van der Waals surface area contributed by atoms with E-state index in [2.05, 4.69) is 20.4 Å². The van der Waals surface area contributed by atoms with Gasteiger partial charge >= 0.3 is 6.18 Å². The summed E-state index contributed by atoms with van der Waals surface area (Å²) in [7, 11) is 0. The third kappa shape index (κ3) is 3.19. The summed E-state index contributed by atoms with van der Waals surface area (Å²) in [6.45, 7) is 10.9. The van der Waals surface area contributed by atoms with Crippen LogP contribution in [-0.2, 0) is 0 Å². The number of hydrogen-bond donors (Lipinski definition) is 1. The SMILES string of the molecule is Cc1c(C)c(C)c(-c2c(Cl)nc3ncnn3c2NC(C)C(F)(F)F)c(C)c1C. The minimum Gasteiger partial charge on any atom is -0.358 e. The van der Waals surface area contributed by atoms with Crippen molar-refractivity contribution in [2.45, 2.75) is 53.8 Å². The predicted molar refractivity (Wildman–Crippen MR) is 104 cm³/mol. The van der Waals surface area contributed by atoms with E-state index >= 15 is 0 Å². The molecule has 0 bridgehead atoms. The lowest BCUT2D eigenvalue weighted by Gasteiger charge is -2.24. The number of aromatic nitrogens is 4. The summed E-state index contributed by atoms with van der Waals surface area (Å²) < 4.78 is 41.1. The summed E-state index contributed by atoms with van der Waals surface area (Å²) in [6.07, 6.45) is -3.21. The molecule has 5 nitrogen and oxygen atoms in total. The molecular weight excluding hydrogens is 391 g/mol. The first kappa shape index (κ1) is 20.4. The van der Waals surface area contributed by atoms with Gasteiger partial charge in [0.15, 0.2) is 0 Å². The molecule has 3 rings (SSSR count). The molecule has 0 spiro atoms. The maximum absolute atomic E-state index is 13.3. The van der Waals surface area contributed by atoms with Gasteiger partial charge in [0.1, 0.15) is 23.3 Å². The zero-order valence-electron chi connectivity index (χ0n) is 16.5.